The van der Waals surface area contributed by atoms with E-state index in [4.69, 9.17) is 5.26 Å². The van der Waals surface area contributed by atoms with E-state index in [1.54, 1.807) is 0 Å². The number of unbranched alkanes of at least 4 members (excludes halogenated alkanes) is 1. The van der Waals surface area contributed by atoms with Crippen LogP contribution in [-0.4, -0.2) is 35.7 Å². The number of hydrogen-bond donors (Lipinski definition) is 1. The van der Waals surface area contributed by atoms with Crippen molar-refractivity contribution in [1.82, 2.24) is 4.90 Å². The Morgan fingerprint density at radius 2 is 1.94 bits per heavy atom. The van der Waals surface area contributed by atoms with Gasteiger partial charge in [-0.15, -0.1) is 0 Å². The molecule has 1 fully saturated rings. The topological polar surface area (TPSA) is 47.3 Å². The van der Waals surface area contributed by atoms with Crippen molar-refractivity contribution in [3.05, 3.63) is 0 Å². The van der Waals surface area contributed by atoms with Crippen molar-refractivity contribution in [2.75, 3.05) is 19.6 Å². The van der Waals surface area contributed by atoms with Crippen LogP contribution in [0.1, 0.15) is 52.9 Å². The lowest BCUT2D eigenvalue weighted by molar-refractivity contribution is 0.0712. The predicted octanol–water partition coefficient (Wildman–Crippen LogP) is 2.80. The molecule has 18 heavy (non-hydrogen) atoms. The third-order valence-electron chi connectivity index (χ3n) is 4.14. The Bertz CT molecular complexity index is 273. The molecular weight excluding hydrogens is 224 g/mol. The van der Waals surface area contributed by atoms with Crippen LogP contribution in [0.2, 0.25) is 0 Å². The summed E-state index contributed by atoms with van der Waals surface area (Å²) in [7, 11) is 0. The third-order valence-corrected chi connectivity index (χ3v) is 4.14. The zero-order valence-corrected chi connectivity index (χ0v) is 12.2. The van der Waals surface area contributed by atoms with Crippen LogP contribution in [0.15, 0.2) is 0 Å². The molecule has 0 radical (unpaired) electrons. The molecule has 0 aliphatic carbocycles. The average Bonchev–Trinajstić information content (AvgIpc) is 2.35. The predicted molar refractivity (Wildman–Crippen MR) is 74.1 cm³/mol. The lowest BCUT2D eigenvalue weighted by Crippen LogP contribution is -2.37. The van der Waals surface area contributed by atoms with E-state index in [0.29, 0.717) is 5.92 Å². The quantitative estimate of drug-likeness (QED) is 0.739. The molecular formula is C15H28N2O. The molecule has 0 aromatic carbocycles. The fourth-order valence-corrected chi connectivity index (χ4v) is 2.62. The summed E-state index contributed by atoms with van der Waals surface area (Å²) in [5.41, 5.74) is -0.167. The molecule has 0 aromatic heterocycles. The highest BCUT2D eigenvalue weighted by Crippen LogP contribution is 2.23. The van der Waals surface area contributed by atoms with Crippen LogP contribution < -0.4 is 0 Å². The molecule has 1 aliphatic heterocycles. The highest BCUT2D eigenvalue weighted by Gasteiger charge is 2.22. The zero-order valence-electron chi connectivity index (χ0n) is 12.2. The van der Waals surface area contributed by atoms with E-state index >= 15 is 0 Å². The van der Waals surface area contributed by atoms with E-state index in [0.717, 1.165) is 45.3 Å². The van der Waals surface area contributed by atoms with Gasteiger partial charge in [0.05, 0.1) is 17.6 Å². The van der Waals surface area contributed by atoms with Gasteiger partial charge in [-0.3, -0.25) is 0 Å². The fraction of sp³-hybridized carbons (Fsp3) is 0.933. The minimum atomic E-state index is -0.167. The van der Waals surface area contributed by atoms with Gasteiger partial charge in [0, 0.05) is 0 Å². The van der Waals surface area contributed by atoms with Crippen LogP contribution in [0.4, 0.5) is 0 Å². The number of hydrogen-bond acceptors (Lipinski definition) is 3. The van der Waals surface area contributed by atoms with Crippen molar-refractivity contribution < 1.29 is 5.11 Å². The van der Waals surface area contributed by atoms with Crippen molar-refractivity contribution in [3.8, 4) is 6.07 Å². The van der Waals surface area contributed by atoms with Crippen LogP contribution in [0.25, 0.3) is 0 Å². The number of piperidine rings is 1. The van der Waals surface area contributed by atoms with Crippen molar-refractivity contribution in [2.45, 2.75) is 59.0 Å². The summed E-state index contributed by atoms with van der Waals surface area (Å²) in [6.45, 7) is 9.33. The number of nitriles is 1. The maximum Gasteiger partial charge on any atom is 0.0683 e. The lowest BCUT2D eigenvalue weighted by Gasteiger charge is -2.33. The Balaban J connectivity index is 2.10. The van der Waals surface area contributed by atoms with Crippen LogP contribution >= 0.6 is 0 Å². The minimum Gasteiger partial charge on any atom is -0.393 e. The molecule has 1 atom stereocenters. The first kappa shape index (κ1) is 15.5. The van der Waals surface area contributed by atoms with Crippen LogP contribution in [-0.2, 0) is 0 Å². The van der Waals surface area contributed by atoms with Crippen molar-refractivity contribution in [2.24, 2.45) is 11.3 Å². The molecule has 0 bridgehead atoms. The third kappa shape index (κ3) is 5.37. The van der Waals surface area contributed by atoms with E-state index in [9.17, 15) is 5.11 Å². The molecule has 0 saturated carbocycles. The maximum absolute atomic E-state index is 9.55. The standard InChI is InChI=1S/C15H28N2O/c1-13(18)14-6-10-17(11-7-14)9-5-4-8-15(2,3)12-16/h13-14,18H,4-11H2,1-3H3. The van der Waals surface area contributed by atoms with Crippen LogP contribution in [0.5, 0.6) is 0 Å². The minimum absolute atomic E-state index is 0.149. The maximum atomic E-state index is 9.55. The van der Waals surface area contributed by atoms with E-state index in [-0.39, 0.29) is 11.5 Å². The van der Waals surface area contributed by atoms with Gasteiger partial charge in [-0.2, -0.15) is 5.26 Å². The number of rotatable bonds is 6. The summed E-state index contributed by atoms with van der Waals surface area (Å²) in [6.07, 6.45) is 5.42. The van der Waals surface area contributed by atoms with E-state index in [1.165, 1.54) is 6.42 Å². The van der Waals surface area contributed by atoms with Crippen LogP contribution in [0, 0.1) is 22.7 Å². The Kier molecular flexibility index (Phi) is 6.11. The molecule has 3 nitrogen and oxygen atoms in total. The van der Waals surface area contributed by atoms with Gasteiger partial charge in [0.1, 0.15) is 0 Å². The molecule has 1 N–H and O–H groups in total. The van der Waals surface area contributed by atoms with E-state index in [1.807, 2.05) is 20.8 Å². The molecule has 0 amide bonds. The number of likely N-dealkylation sites (tertiary alicyclic amines) is 1. The van der Waals surface area contributed by atoms with E-state index < -0.39 is 0 Å². The first-order valence-corrected chi connectivity index (χ1v) is 7.26. The second kappa shape index (κ2) is 7.11. The molecule has 1 aliphatic rings. The van der Waals surface area contributed by atoms with Gasteiger partial charge in [-0.05, 0) is 72.0 Å². The fourth-order valence-electron chi connectivity index (χ4n) is 2.62. The second-order valence-corrected chi connectivity index (χ2v) is 6.37. The van der Waals surface area contributed by atoms with Gasteiger partial charge in [0.2, 0.25) is 0 Å². The Labute approximate surface area is 112 Å². The molecule has 3 heteroatoms. The molecule has 1 saturated heterocycles. The lowest BCUT2D eigenvalue weighted by atomic mass is 9.89. The van der Waals surface area contributed by atoms with Gasteiger partial charge in [-0.1, -0.05) is 6.42 Å². The van der Waals surface area contributed by atoms with Gasteiger partial charge < -0.3 is 10.0 Å². The molecule has 0 spiro atoms. The Hall–Kier alpha value is -0.590. The Morgan fingerprint density at radius 1 is 1.33 bits per heavy atom. The zero-order chi connectivity index (χ0) is 13.6. The summed E-state index contributed by atoms with van der Waals surface area (Å²) >= 11 is 0. The average molecular weight is 252 g/mol. The normalized spacial score (nSPS) is 20.6. The van der Waals surface area contributed by atoms with Crippen molar-refractivity contribution in [3.63, 3.8) is 0 Å². The summed E-state index contributed by atoms with van der Waals surface area (Å²) in [6, 6.07) is 2.36. The van der Waals surface area contributed by atoms with Gasteiger partial charge >= 0.3 is 0 Å². The summed E-state index contributed by atoms with van der Waals surface area (Å²) < 4.78 is 0. The van der Waals surface area contributed by atoms with E-state index in [2.05, 4.69) is 11.0 Å². The SMILES string of the molecule is CC(O)C1CCN(CCCCC(C)(C)C#N)CC1. The highest BCUT2D eigenvalue weighted by molar-refractivity contribution is 4.91. The number of nitrogens with zero attached hydrogens (tertiary/aromatic N) is 2. The second-order valence-electron chi connectivity index (χ2n) is 6.37. The number of aliphatic hydroxyl groups excluding tert-OH is 1. The van der Waals surface area contributed by atoms with Gasteiger partial charge in [0.25, 0.3) is 0 Å². The summed E-state index contributed by atoms with van der Waals surface area (Å²) in [4.78, 5) is 2.50. The summed E-state index contributed by atoms with van der Waals surface area (Å²) in [5.74, 6) is 0.499. The first-order valence-electron chi connectivity index (χ1n) is 7.26. The van der Waals surface area contributed by atoms with Crippen LogP contribution in [0.3, 0.4) is 0 Å². The largest absolute Gasteiger partial charge is 0.393 e. The number of aliphatic hydroxyl groups is 1. The summed E-state index contributed by atoms with van der Waals surface area (Å²) in [5, 5.41) is 18.5. The molecule has 1 unspecified atom stereocenters. The molecule has 1 rings (SSSR count). The monoisotopic (exact) mass is 252 g/mol. The molecule has 1 heterocycles. The van der Waals surface area contributed by atoms with Gasteiger partial charge in [0.15, 0.2) is 0 Å². The van der Waals surface area contributed by atoms with Crippen molar-refractivity contribution in [1.29, 1.82) is 5.26 Å². The Morgan fingerprint density at radius 3 is 2.44 bits per heavy atom. The first-order chi connectivity index (χ1) is 8.44. The smallest absolute Gasteiger partial charge is 0.0683 e. The molecule has 0 aromatic rings. The molecule has 104 valence electrons. The van der Waals surface area contributed by atoms with Crippen molar-refractivity contribution >= 4 is 0 Å². The highest BCUT2D eigenvalue weighted by atomic mass is 16.3. The van der Waals surface area contributed by atoms with Gasteiger partial charge in [-0.25, -0.2) is 0 Å².